The zero-order valence-corrected chi connectivity index (χ0v) is 53.2. The van der Waals surface area contributed by atoms with E-state index < -0.39 is 0 Å². The lowest BCUT2D eigenvalue weighted by molar-refractivity contribution is 0.590. The Kier molecular flexibility index (Phi) is 14.2. The van der Waals surface area contributed by atoms with Crippen LogP contribution in [0, 0.1) is 29.2 Å². The van der Waals surface area contributed by atoms with Crippen LogP contribution in [-0.4, -0.2) is 24.1 Å². The van der Waals surface area contributed by atoms with Gasteiger partial charge < -0.3 is 9.13 Å². The number of rotatable bonds is 8. The molecular formula is C82H70N8. The van der Waals surface area contributed by atoms with Crippen LogP contribution in [-0.2, 0) is 21.7 Å². The van der Waals surface area contributed by atoms with Crippen LogP contribution in [0.3, 0.4) is 0 Å². The number of benzene rings is 10. The van der Waals surface area contributed by atoms with E-state index in [1.165, 1.54) is 22.3 Å². The highest BCUT2D eigenvalue weighted by Gasteiger charge is 2.28. The van der Waals surface area contributed by atoms with Crippen LogP contribution < -0.4 is 0 Å². The number of hydrogen-bond donors (Lipinski definition) is 0. The van der Waals surface area contributed by atoms with Crippen LogP contribution in [0.5, 0.6) is 0 Å². The average Bonchev–Trinajstić information content (AvgIpc) is 1.60. The van der Waals surface area contributed by atoms with Gasteiger partial charge >= 0.3 is 0 Å². The summed E-state index contributed by atoms with van der Waals surface area (Å²) < 4.78 is 4.76. The van der Waals surface area contributed by atoms with E-state index in [4.69, 9.17) is 21.5 Å². The van der Waals surface area contributed by atoms with E-state index in [0.717, 1.165) is 105 Å². The maximum absolute atomic E-state index is 10.2. The Labute approximate surface area is 527 Å². The molecule has 13 aromatic rings. The van der Waals surface area contributed by atoms with Crippen molar-refractivity contribution in [2.24, 2.45) is 0 Å². The van der Waals surface area contributed by atoms with E-state index in [0.29, 0.717) is 34.3 Å². The minimum atomic E-state index is -0.112. The fraction of sp³-hybridized carbons (Fsp3) is 0.195. The lowest BCUT2D eigenvalue weighted by Gasteiger charge is -2.20. The molecule has 0 saturated carbocycles. The molecule has 8 heteroatoms. The Balaban J connectivity index is 1.16. The number of hydrogen-bond acceptors (Lipinski definition) is 5. The normalized spacial score (nSPS) is 12.2. The molecule has 0 saturated heterocycles. The maximum atomic E-state index is 10.2. The summed E-state index contributed by atoms with van der Waals surface area (Å²) in [6, 6.07) is 76.7. The van der Waals surface area contributed by atoms with Gasteiger partial charge in [-0.1, -0.05) is 192 Å². The Morgan fingerprint density at radius 1 is 0.333 bits per heavy atom. The molecule has 0 aliphatic heterocycles. The predicted octanol–water partition coefficient (Wildman–Crippen LogP) is 21.6. The summed E-state index contributed by atoms with van der Waals surface area (Å²) in [5, 5.41) is 24.7. The van der Waals surface area contributed by atoms with Gasteiger partial charge in [0.25, 0.3) is 0 Å². The molecule has 0 bridgehead atoms. The molecule has 3 heterocycles. The van der Waals surface area contributed by atoms with E-state index >= 15 is 0 Å². The third kappa shape index (κ3) is 10.6. The molecular weight excluding hydrogens is 1100 g/mol. The number of nitriles is 2. The zero-order chi connectivity index (χ0) is 63.2. The van der Waals surface area contributed by atoms with Crippen LogP contribution in [0.15, 0.2) is 206 Å². The van der Waals surface area contributed by atoms with E-state index in [2.05, 4.69) is 231 Å². The van der Waals surface area contributed by atoms with E-state index in [1.54, 1.807) is 0 Å². The Morgan fingerprint density at radius 2 is 0.700 bits per heavy atom. The Hall–Kier alpha value is -10.7. The predicted molar refractivity (Wildman–Crippen MR) is 372 cm³/mol. The van der Waals surface area contributed by atoms with Crippen molar-refractivity contribution in [3.63, 3.8) is 0 Å². The molecule has 0 radical (unpaired) electrons. The van der Waals surface area contributed by atoms with Crippen molar-refractivity contribution in [3.05, 3.63) is 251 Å². The summed E-state index contributed by atoms with van der Waals surface area (Å²) in [7, 11) is 0. The highest BCUT2D eigenvalue weighted by molar-refractivity contribution is 6.12. The van der Waals surface area contributed by atoms with Gasteiger partial charge in [-0.15, -0.1) is 0 Å². The average molecular weight is 1170 g/mol. The molecule has 0 amide bonds. The zero-order valence-electron chi connectivity index (χ0n) is 53.2. The van der Waals surface area contributed by atoms with Crippen LogP contribution in [0.25, 0.3) is 127 Å². The fourth-order valence-electron chi connectivity index (χ4n) is 12.5. The van der Waals surface area contributed by atoms with Crippen LogP contribution in [0.4, 0.5) is 5.69 Å². The van der Waals surface area contributed by atoms with Gasteiger partial charge in [0.2, 0.25) is 0 Å². The smallest absolute Gasteiger partial charge is 0.187 e. The van der Waals surface area contributed by atoms with Gasteiger partial charge in [0.15, 0.2) is 23.2 Å². The summed E-state index contributed by atoms with van der Waals surface area (Å²) in [6.45, 7) is 35.0. The van der Waals surface area contributed by atoms with Gasteiger partial charge in [0, 0.05) is 38.2 Å². The molecule has 8 nitrogen and oxygen atoms in total. The first-order valence-electron chi connectivity index (χ1n) is 30.8. The van der Waals surface area contributed by atoms with Crippen molar-refractivity contribution in [1.29, 1.82) is 10.5 Å². The largest absolute Gasteiger partial charge is 0.308 e. The lowest BCUT2D eigenvalue weighted by Crippen LogP contribution is -2.10. The molecule has 13 rings (SSSR count). The number of fused-ring (bicyclic) bond motifs is 6. The topological polar surface area (TPSA) is 100 Å². The minimum absolute atomic E-state index is 0.111. The molecule has 0 unspecified atom stereocenters. The molecule has 0 N–H and O–H groups in total. The first-order valence-corrected chi connectivity index (χ1v) is 30.8. The van der Waals surface area contributed by atoms with Gasteiger partial charge in [-0.25, -0.2) is 19.8 Å². The summed E-state index contributed by atoms with van der Waals surface area (Å²) in [5.74, 6) is 1.38. The lowest BCUT2D eigenvalue weighted by atomic mass is 9.85. The molecule has 0 aliphatic rings. The van der Waals surface area contributed by atoms with Crippen LogP contribution in [0.1, 0.15) is 116 Å². The second-order valence-corrected chi connectivity index (χ2v) is 28.0. The van der Waals surface area contributed by atoms with Crippen molar-refractivity contribution >= 4 is 49.3 Å². The molecule has 0 aliphatic carbocycles. The van der Waals surface area contributed by atoms with E-state index in [9.17, 15) is 10.5 Å². The minimum Gasteiger partial charge on any atom is -0.308 e. The van der Waals surface area contributed by atoms with E-state index in [1.807, 2.05) is 84.9 Å². The maximum Gasteiger partial charge on any atom is 0.187 e. The molecule has 438 valence electrons. The first kappa shape index (κ1) is 58.3. The van der Waals surface area contributed by atoms with Crippen LogP contribution >= 0.6 is 0 Å². The van der Waals surface area contributed by atoms with Crippen molar-refractivity contribution in [2.75, 3.05) is 0 Å². The van der Waals surface area contributed by atoms with Gasteiger partial charge in [-0.3, -0.25) is 0 Å². The van der Waals surface area contributed by atoms with Gasteiger partial charge in [0.1, 0.15) is 0 Å². The molecule has 90 heavy (non-hydrogen) atoms. The highest BCUT2D eigenvalue weighted by Crippen LogP contribution is 2.45. The number of aromatic nitrogens is 5. The molecule has 0 spiro atoms. The standard InChI is InChI=1S/C82H70N8/c1-79(2,3)57-29-37-70-66(44-57)67-45-58(80(4,5)6)30-38-71(67)89(70)74-42-54(52-23-21-50(48-83)22-24-52)27-35-64(74)77-86-76(63-20-15-14-19-62(63)56-18-16-17-51(41-56)49-84)87-78(88-77)65-36-28-55(53-25-33-61(85-13)34-26-53)43-75(65)90-72-39-31-59(81(7,8)9)46-68(72)69-47-60(82(10,11)12)32-40-73(69)90/h14-47H,1-12H3. The highest BCUT2D eigenvalue weighted by atomic mass is 15.1. The van der Waals surface area contributed by atoms with E-state index in [-0.39, 0.29) is 21.7 Å². The summed E-state index contributed by atoms with van der Waals surface area (Å²) in [5.41, 5.74) is 20.0. The first-order chi connectivity index (χ1) is 43.0. The summed E-state index contributed by atoms with van der Waals surface area (Å²) >= 11 is 0. The summed E-state index contributed by atoms with van der Waals surface area (Å²) in [4.78, 5) is 20.8. The Morgan fingerprint density at radius 3 is 1.08 bits per heavy atom. The molecule has 10 aromatic carbocycles. The molecule has 3 aromatic heterocycles. The Bertz CT molecular complexity index is 4760. The quantitative estimate of drug-likeness (QED) is 0.141. The van der Waals surface area contributed by atoms with Crippen molar-refractivity contribution in [2.45, 2.75) is 105 Å². The van der Waals surface area contributed by atoms with Gasteiger partial charge in [0.05, 0.1) is 63.3 Å². The second kappa shape index (κ2) is 21.8. The fourth-order valence-corrected chi connectivity index (χ4v) is 12.5. The molecule has 0 fully saturated rings. The van der Waals surface area contributed by atoms with Crippen molar-refractivity contribution in [3.8, 4) is 91.1 Å². The third-order valence-corrected chi connectivity index (χ3v) is 17.7. The molecule has 0 atom stereocenters. The van der Waals surface area contributed by atoms with Gasteiger partial charge in [-0.05, 0) is 174 Å². The van der Waals surface area contributed by atoms with Crippen LogP contribution in [0.2, 0.25) is 0 Å². The van der Waals surface area contributed by atoms with Crippen molar-refractivity contribution in [1.82, 2.24) is 24.1 Å². The van der Waals surface area contributed by atoms with Gasteiger partial charge in [-0.2, -0.15) is 10.5 Å². The van der Waals surface area contributed by atoms with Crippen molar-refractivity contribution < 1.29 is 0 Å². The summed E-state index contributed by atoms with van der Waals surface area (Å²) in [6.07, 6.45) is 0. The SMILES string of the molecule is [C-]#[N+]c1ccc(-c2ccc(-c3nc(-c4ccccc4-c4cccc(C#N)c4)nc(-c4ccc(-c5ccc(C#N)cc5)cc4-n4c5ccc(C(C)(C)C)cc5c5cc(C(C)(C)C)ccc54)n3)c(-n3c4ccc(C(C)(C)C)cc4c4cc(C(C)(C)C)ccc43)c2)cc1. The number of nitrogens with zero attached hydrogens (tertiary/aromatic N) is 8. The third-order valence-electron chi connectivity index (χ3n) is 17.7. The monoisotopic (exact) mass is 1170 g/mol. The second-order valence-electron chi connectivity index (χ2n) is 28.0.